The maximum Gasteiger partial charge on any atom is 0.209 e. The molecule has 134 valence electrons. The van der Waals surface area contributed by atoms with Gasteiger partial charge >= 0.3 is 0 Å². The molecular formula is C24H21NO2. The molecule has 4 aromatic rings. The van der Waals surface area contributed by atoms with E-state index in [1.807, 2.05) is 18.2 Å². The highest BCUT2D eigenvalue weighted by Crippen LogP contribution is 2.48. The van der Waals surface area contributed by atoms with Gasteiger partial charge in [0.25, 0.3) is 0 Å². The second-order valence-corrected chi connectivity index (χ2v) is 7.02. The van der Waals surface area contributed by atoms with E-state index in [0.717, 1.165) is 41.4 Å². The quantitative estimate of drug-likeness (QED) is 0.421. The predicted octanol–water partition coefficient (Wildman–Crippen LogP) is 6.32. The molecule has 0 saturated heterocycles. The standard InChI is InChI=1S/C24H21NO2/c1-16-11-14-22-19(15-16)18-13-12-17-7-3-4-8-20(17)25(24(18)27-22)21-9-5-6-10-23(21)26-2/h3-11,14-15H,12-13H2,1-2H3. The first-order valence-electron chi connectivity index (χ1n) is 9.29. The van der Waals surface area contributed by atoms with Gasteiger partial charge in [-0.2, -0.15) is 0 Å². The van der Waals surface area contributed by atoms with Crippen LogP contribution in [0.5, 0.6) is 5.75 Å². The van der Waals surface area contributed by atoms with Crippen LogP contribution in [0.15, 0.2) is 71.1 Å². The molecule has 0 unspecified atom stereocenters. The van der Waals surface area contributed by atoms with Gasteiger partial charge in [-0.1, -0.05) is 42.0 Å². The summed E-state index contributed by atoms with van der Waals surface area (Å²) in [5.74, 6) is 1.72. The molecule has 0 radical (unpaired) electrons. The molecule has 0 amide bonds. The van der Waals surface area contributed by atoms with Crippen LogP contribution in [0.25, 0.3) is 11.0 Å². The molecule has 0 aliphatic carbocycles. The highest BCUT2D eigenvalue weighted by molar-refractivity contribution is 5.92. The van der Waals surface area contributed by atoms with Crippen LogP contribution in [0.2, 0.25) is 0 Å². The summed E-state index contributed by atoms with van der Waals surface area (Å²) >= 11 is 0. The van der Waals surface area contributed by atoms with Crippen molar-refractivity contribution >= 4 is 28.2 Å². The zero-order chi connectivity index (χ0) is 18.4. The summed E-state index contributed by atoms with van der Waals surface area (Å²) < 4.78 is 12.1. The number of para-hydroxylation sites is 3. The monoisotopic (exact) mass is 355 g/mol. The summed E-state index contributed by atoms with van der Waals surface area (Å²) in [5.41, 5.74) is 6.90. The number of nitrogens with zero attached hydrogens (tertiary/aromatic N) is 1. The number of fused-ring (bicyclic) bond motifs is 4. The average molecular weight is 355 g/mol. The Morgan fingerprint density at radius 3 is 2.52 bits per heavy atom. The summed E-state index contributed by atoms with van der Waals surface area (Å²) in [6, 6.07) is 23.1. The maximum absolute atomic E-state index is 6.42. The van der Waals surface area contributed by atoms with E-state index < -0.39 is 0 Å². The fourth-order valence-electron chi connectivity index (χ4n) is 4.03. The van der Waals surface area contributed by atoms with Gasteiger partial charge in [0.1, 0.15) is 11.3 Å². The Balaban J connectivity index is 1.84. The number of hydrogen-bond acceptors (Lipinski definition) is 3. The third kappa shape index (κ3) is 2.50. The van der Waals surface area contributed by atoms with E-state index in [9.17, 15) is 0 Å². The Kier molecular flexibility index (Phi) is 3.68. The molecule has 3 nitrogen and oxygen atoms in total. The zero-order valence-corrected chi connectivity index (χ0v) is 15.5. The molecular weight excluding hydrogens is 334 g/mol. The molecule has 0 N–H and O–H groups in total. The van der Waals surface area contributed by atoms with E-state index >= 15 is 0 Å². The van der Waals surface area contributed by atoms with Crippen LogP contribution in [-0.4, -0.2) is 7.11 Å². The maximum atomic E-state index is 6.42. The van der Waals surface area contributed by atoms with E-state index in [1.165, 1.54) is 22.1 Å². The number of methoxy groups -OCH3 is 1. The summed E-state index contributed by atoms with van der Waals surface area (Å²) in [6.07, 6.45) is 1.94. The SMILES string of the molecule is COc1ccccc1N1c2ccccc2CCc2c1oc1ccc(C)cc21. The average Bonchev–Trinajstić information content (AvgIpc) is 2.96. The van der Waals surface area contributed by atoms with Gasteiger partial charge in [0.2, 0.25) is 5.88 Å². The van der Waals surface area contributed by atoms with Crippen molar-refractivity contribution in [2.75, 3.05) is 12.0 Å². The van der Waals surface area contributed by atoms with Crippen LogP contribution in [0.3, 0.4) is 0 Å². The molecule has 5 rings (SSSR count). The van der Waals surface area contributed by atoms with Crippen molar-refractivity contribution < 1.29 is 9.15 Å². The van der Waals surface area contributed by atoms with Crippen molar-refractivity contribution in [1.29, 1.82) is 0 Å². The Morgan fingerprint density at radius 1 is 0.889 bits per heavy atom. The Hall–Kier alpha value is -3.20. The van der Waals surface area contributed by atoms with Gasteiger partial charge in [-0.15, -0.1) is 0 Å². The minimum absolute atomic E-state index is 0.830. The molecule has 0 fully saturated rings. The highest BCUT2D eigenvalue weighted by atomic mass is 16.5. The van der Waals surface area contributed by atoms with Gasteiger partial charge in [-0.05, 0) is 55.7 Å². The Bertz CT molecular complexity index is 1140. The number of hydrogen-bond donors (Lipinski definition) is 0. The number of aryl methyl sites for hydroxylation is 3. The van der Waals surface area contributed by atoms with Crippen LogP contribution in [0.1, 0.15) is 16.7 Å². The largest absolute Gasteiger partial charge is 0.495 e. The predicted molar refractivity (Wildman–Crippen MR) is 110 cm³/mol. The van der Waals surface area contributed by atoms with E-state index in [4.69, 9.17) is 9.15 Å². The zero-order valence-electron chi connectivity index (χ0n) is 15.5. The Morgan fingerprint density at radius 2 is 1.67 bits per heavy atom. The molecule has 0 bridgehead atoms. The molecule has 0 atom stereocenters. The first kappa shape index (κ1) is 16.0. The third-order valence-corrected chi connectivity index (χ3v) is 5.33. The fraction of sp³-hybridized carbons (Fsp3) is 0.167. The first-order valence-corrected chi connectivity index (χ1v) is 9.29. The van der Waals surface area contributed by atoms with Crippen molar-refractivity contribution in [3.8, 4) is 5.75 Å². The molecule has 3 aromatic carbocycles. The van der Waals surface area contributed by atoms with E-state index in [-0.39, 0.29) is 0 Å². The van der Waals surface area contributed by atoms with Crippen LogP contribution in [0, 0.1) is 6.92 Å². The highest BCUT2D eigenvalue weighted by Gasteiger charge is 2.28. The van der Waals surface area contributed by atoms with Gasteiger partial charge in [-0.25, -0.2) is 0 Å². The summed E-state index contributed by atoms with van der Waals surface area (Å²) in [5, 5.41) is 1.21. The van der Waals surface area contributed by atoms with Crippen LogP contribution >= 0.6 is 0 Å². The summed E-state index contributed by atoms with van der Waals surface area (Å²) in [7, 11) is 1.71. The molecule has 27 heavy (non-hydrogen) atoms. The van der Waals surface area contributed by atoms with Crippen molar-refractivity contribution in [2.24, 2.45) is 0 Å². The molecule has 0 saturated carbocycles. The van der Waals surface area contributed by atoms with E-state index in [2.05, 4.69) is 60.4 Å². The summed E-state index contributed by atoms with van der Waals surface area (Å²) in [4.78, 5) is 2.21. The smallest absolute Gasteiger partial charge is 0.209 e. The van der Waals surface area contributed by atoms with Crippen LogP contribution in [0.4, 0.5) is 17.3 Å². The lowest BCUT2D eigenvalue weighted by Gasteiger charge is -2.25. The molecule has 1 aromatic heterocycles. The van der Waals surface area contributed by atoms with Gasteiger partial charge < -0.3 is 9.15 Å². The molecule has 2 heterocycles. The lowest BCUT2D eigenvalue weighted by molar-refractivity contribution is 0.415. The van der Waals surface area contributed by atoms with E-state index in [0.29, 0.717) is 0 Å². The van der Waals surface area contributed by atoms with Crippen LogP contribution in [-0.2, 0) is 12.8 Å². The minimum atomic E-state index is 0.830. The molecule has 3 heteroatoms. The lowest BCUT2D eigenvalue weighted by atomic mass is 10.0. The van der Waals surface area contributed by atoms with E-state index in [1.54, 1.807) is 7.11 Å². The Labute approximate surface area is 158 Å². The van der Waals surface area contributed by atoms with Gasteiger partial charge in [0.15, 0.2) is 0 Å². The van der Waals surface area contributed by atoms with Crippen molar-refractivity contribution in [1.82, 2.24) is 0 Å². The van der Waals surface area contributed by atoms with Crippen molar-refractivity contribution in [3.63, 3.8) is 0 Å². The molecule has 1 aliphatic heterocycles. The number of ether oxygens (including phenoxy) is 1. The number of benzene rings is 3. The van der Waals surface area contributed by atoms with Gasteiger partial charge in [0, 0.05) is 10.9 Å². The second-order valence-electron chi connectivity index (χ2n) is 7.02. The number of rotatable bonds is 2. The van der Waals surface area contributed by atoms with Crippen molar-refractivity contribution in [2.45, 2.75) is 19.8 Å². The summed E-state index contributed by atoms with van der Waals surface area (Å²) in [6.45, 7) is 2.13. The van der Waals surface area contributed by atoms with Crippen molar-refractivity contribution in [3.05, 3.63) is 83.4 Å². The third-order valence-electron chi connectivity index (χ3n) is 5.33. The normalized spacial score (nSPS) is 13.2. The second kappa shape index (κ2) is 6.20. The lowest BCUT2D eigenvalue weighted by Crippen LogP contribution is -2.11. The number of furan rings is 1. The topological polar surface area (TPSA) is 25.6 Å². The van der Waals surface area contributed by atoms with Gasteiger partial charge in [0.05, 0.1) is 18.5 Å². The molecule has 0 spiro atoms. The molecule has 1 aliphatic rings. The first-order chi connectivity index (χ1) is 13.3. The fourth-order valence-corrected chi connectivity index (χ4v) is 4.03. The van der Waals surface area contributed by atoms with Gasteiger partial charge in [-0.3, -0.25) is 4.90 Å². The van der Waals surface area contributed by atoms with Crippen LogP contribution < -0.4 is 9.64 Å². The number of anilines is 3. The minimum Gasteiger partial charge on any atom is -0.495 e.